The second-order valence-electron chi connectivity index (χ2n) is 11.7. The third-order valence-electron chi connectivity index (χ3n) is 7.97. The monoisotopic (exact) mass is 676 g/mol. The molecule has 3 aromatic carbocycles. The largest absolute Gasteiger partial charge is 0.463 e. The molecule has 11 nitrogen and oxygen atoms in total. The number of hydrogen-bond acceptors (Lipinski definition) is 11. The third-order valence-corrected chi connectivity index (χ3v) is 7.97. The number of benzene rings is 3. The maximum atomic E-state index is 11.8. The molecule has 1 saturated heterocycles. The molecular weight excluding hydrogens is 632 g/mol. The predicted octanol–water partition coefficient (Wildman–Crippen LogP) is 4.91. The molecule has 2 aliphatic heterocycles. The van der Waals surface area contributed by atoms with Crippen molar-refractivity contribution in [2.24, 2.45) is 0 Å². The molecule has 0 unspecified atom stereocenters. The topological polar surface area (TPSA) is 117 Å². The Morgan fingerprint density at radius 2 is 1.20 bits per heavy atom. The Hall–Kier alpha value is -3.94. The van der Waals surface area contributed by atoms with Crippen molar-refractivity contribution in [2.45, 2.75) is 82.9 Å². The SMILES string of the molecule is CO[C@H]1O[C@H](COCc2ccccc2)[C@@H](O[C@@H]2C=C[C@@H](OC(C)=O)[C@@H](COC(C)=O)O2)[C@H](OCc2ccccc2)[C@H]1OCc1ccccc1. The summed E-state index contributed by atoms with van der Waals surface area (Å²) in [6, 6.07) is 29.4. The maximum absolute atomic E-state index is 11.8. The number of rotatable bonds is 16. The van der Waals surface area contributed by atoms with Crippen LogP contribution in [0, 0.1) is 0 Å². The molecule has 5 rings (SSSR count). The second kappa shape index (κ2) is 18.7. The van der Waals surface area contributed by atoms with E-state index in [-0.39, 0.29) is 26.4 Å². The molecule has 0 aliphatic carbocycles. The van der Waals surface area contributed by atoms with Crippen LogP contribution in [0.25, 0.3) is 0 Å². The first-order valence-corrected chi connectivity index (χ1v) is 16.3. The summed E-state index contributed by atoms with van der Waals surface area (Å²) in [6.07, 6.45) is -2.97. The van der Waals surface area contributed by atoms with Gasteiger partial charge in [0.25, 0.3) is 0 Å². The normalized spacial score (nSPS) is 26.6. The average Bonchev–Trinajstić information content (AvgIpc) is 3.11. The molecule has 1 fully saturated rings. The van der Waals surface area contributed by atoms with Crippen LogP contribution in [0.15, 0.2) is 103 Å². The summed E-state index contributed by atoms with van der Waals surface area (Å²) in [5, 5.41) is 0. The summed E-state index contributed by atoms with van der Waals surface area (Å²) in [7, 11) is 1.56. The van der Waals surface area contributed by atoms with Gasteiger partial charge in [-0.05, 0) is 28.8 Å². The Balaban J connectivity index is 1.43. The quantitative estimate of drug-likeness (QED) is 0.152. The third kappa shape index (κ3) is 11.0. The molecule has 262 valence electrons. The zero-order chi connectivity index (χ0) is 34.4. The van der Waals surface area contributed by atoms with Gasteiger partial charge in [0.1, 0.15) is 43.2 Å². The van der Waals surface area contributed by atoms with E-state index >= 15 is 0 Å². The van der Waals surface area contributed by atoms with Gasteiger partial charge in [0.05, 0.1) is 26.4 Å². The Morgan fingerprint density at radius 1 is 0.633 bits per heavy atom. The summed E-state index contributed by atoms with van der Waals surface area (Å²) in [5.74, 6) is -0.993. The molecule has 11 heteroatoms. The lowest BCUT2D eigenvalue weighted by molar-refractivity contribution is -0.339. The molecule has 0 amide bonds. The summed E-state index contributed by atoms with van der Waals surface area (Å²) in [4.78, 5) is 23.5. The second-order valence-corrected chi connectivity index (χ2v) is 11.7. The van der Waals surface area contributed by atoms with Crippen LogP contribution in [-0.4, -0.2) is 81.5 Å². The first kappa shape index (κ1) is 36.3. The van der Waals surface area contributed by atoms with Gasteiger partial charge in [0.15, 0.2) is 12.6 Å². The molecule has 49 heavy (non-hydrogen) atoms. The minimum absolute atomic E-state index is 0.138. The zero-order valence-corrected chi connectivity index (χ0v) is 28.0. The summed E-state index contributed by atoms with van der Waals surface area (Å²) in [5.41, 5.74) is 2.93. The Labute approximate surface area is 286 Å². The van der Waals surface area contributed by atoms with Gasteiger partial charge in [-0.1, -0.05) is 91.0 Å². The molecule has 2 aliphatic rings. The highest BCUT2D eigenvalue weighted by Gasteiger charge is 2.50. The molecule has 0 aromatic heterocycles. The van der Waals surface area contributed by atoms with Gasteiger partial charge in [-0.25, -0.2) is 0 Å². The van der Waals surface area contributed by atoms with E-state index in [1.54, 1.807) is 19.3 Å². The van der Waals surface area contributed by atoms with Crippen LogP contribution in [-0.2, 0) is 72.0 Å². The molecule has 0 N–H and O–H groups in total. The fourth-order valence-corrected chi connectivity index (χ4v) is 5.62. The van der Waals surface area contributed by atoms with Crippen LogP contribution in [0.3, 0.4) is 0 Å². The molecule has 0 saturated carbocycles. The number of carbonyl (C=O) groups is 2. The highest BCUT2D eigenvalue weighted by molar-refractivity contribution is 5.66. The van der Waals surface area contributed by atoms with Gasteiger partial charge in [-0.3, -0.25) is 9.59 Å². The summed E-state index contributed by atoms with van der Waals surface area (Å²) >= 11 is 0. The van der Waals surface area contributed by atoms with Crippen LogP contribution in [0.4, 0.5) is 0 Å². The lowest BCUT2D eigenvalue weighted by Crippen LogP contribution is -2.62. The highest BCUT2D eigenvalue weighted by atomic mass is 16.7. The van der Waals surface area contributed by atoms with Gasteiger partial charge in [-0.2, -0.15) is 0 Å². The lowest BCUT2D eigenvalue weighted by Gasteiger charge is -2.46. The van der Waals surface area contributed by atoms with Crippen LogP contribution >= 0.6 is 0 Å². The van der Waals surface area contributed by atoms with Crippen LogP contribution in [0.2, 0.25) is 0 Å². The van der Waals surface area contributed by atoms with E-state index in [1.807, 2.05) is 91.0 Å². The first-order chi connectivity index (χ1) is 23.9. The van der Waals surface area contributed by atoms with E-state index in [2.05, 4.69) is 0 Å². The number of hydrogen-bond donors (Lipinski definition) is 0. The molecule has 0 bridgehead atoms. The average molecular weight is 677 g/mol. The summed E-state index contributed by atoms with van der Waals surface area (Å²) in [6.45, 7) is 3.47. The van der Waals surface area contributed by atoms with Crippen molar-refractivity contribution < 1.29 is 52.2 Å². The van der Waals surface area contributed by atoms with Crippen molar-refractivity contribution in [3.63, 3.8) is 0 Å². The van der Waals surface area contributed by atoms with Crippen LogP contribution in [0.1, 0.15) is 30.5 Å². The molecule has 2 heterocycles. The van der Waals surface area contributed by atoms with Gasteiger partial charge in [0, 0.05) is 21.0 Å². The van der Waals surface area contributed by atoms with E-state index in [0.29, 0.717) is 6.61 Å². The molecular formula is C38H44O11. The van der Waals surface area contributed by atoms with E-state index < -0.39 is 61.1 Å². The van der Waals surface area contributed by atoms with E-state index in [9.17, 15) is 9.59 Å². The van der Waals surface area contributed by atoms with E-state index in [0.717, 1.165) is 16.7 Å². The number of esters is 2. The van der Waals surface area contributed by atoms with E-state index in [1.165, 1.54) is 13.8 Å². The van der Waals surface area contributed by atoms with E-state index in [4.69, 9.17) is 42.6 Å². The minimum Gasteiger partial charge on any atom is -0.463 e. The standard InChI is InChI=1S/C38H44O11/c1-26(39)43-25-32-31(46-27(2)40)19-20-34(47-32)49-35-33(24-42-21-28-13-7-4-8-14-28)48-38(41-3)37(45-23-30-17-11-6-12-18-30)36(35)44-22-29-15-9-5-10-16-29/h4-20,31-38H,21-25H2,1-3H3/t31-,32-,33-,34-,35-,36+,37-,38+/m1/s1. The Kier molecular flexibility index (Phi) is 13.9. The fraction of sp³-hybridized carbons (Fsp3) is 0.421. The molecule has 8 atom stereocenters. The fourth-order valence-electron chi connectivity index (χ4n) is 5.62. The Morgan fingerprint density at radius 3 is 1.76 bits per heavy atom. The van der Waals surface area contributed by atoms with Crippen molar-refractivity contribution in [1.82, 2.24) is 0 Å². The van der Waals surface area contributed by atoms with Gasteiger partial charge in [0.2, 0.25) is 0 Å². The van der Waals surface area contributed by atoms with Gasteiger partial charge < -0.3 is 42.6 Å². The number of carbonyl (C=O) groups excluding carboxylic acids is 2. The first-order valence-electron chi connectivity index (χ1n) is 16.3. The van der Waals surface area contributed by atoms with Crippen molar-refractivity contribution in [3.05, 3.63) is 120 Å². The molecule has 3 aromatic rings. The molecule has 0 radical (unpaired) electrons. The number of ether oxygens (including phenoxy) is 9. The Bertz CT molecular complexity index is 1450. The zero-order valence-electron chi connectivity index (χ0n) is 28.0. The van der Waals surface area contributed by atoms with Gasteiger partial charge in [-0.15, -0.1) is 0 Å². The molecule has 0 spiro atoms. The smallest absolute Gasteiger partial charge is 0.303 e. The van der Waals surface area contributed by atoms with Crippen molar-refractivity contribution in [1.29, 1.82) is 0 Å². The lowest BCUT2D eigenvalue weighted by atomic mass is 9.97. The van der Waals surface area contributed by atoms with Gasteiger partial charge >= 0.3 is 11.9 Å². The number of methoxy groups -OCH3 is 1. The minimum atomic E-state index is -0.950. The van der Waals surface area contributed by atoms with Crippen LogP contribution < -0.4 is 0 Å². The summed E-state index contributed by atoms with van der Waals surface area (Å²) < 4.78 is 55.2. The predicted molar refractivity (Wildman–Crippen MR) is 177 cm³/mol. The van der Waals surface area contributed by atoms with Crippen molar-refractivity contribution >= 4 is 11.9 Å². The maximum Gasteiger partial charge on any atom is 0.303 e. The highest BCUT2D eigenvalue weighted by Crippen LogP contribution is 2.32. The van der Waals surface area contributed by atoms with Crippen molar-refractivity contribution in [2.75, 3.05) is 20.3 Å². The van der Waals surface area contributed by atoms with Crippen LogP contribution in [0.5, 0.6) is 0 Å². The van der Waals surface area contributed by atoms with Crippen molar-refractivity contribution in [3.8, 4) is 0 Å².